The van der Waals surface area contributed by atoms with Gasteiger partial charge in [0, 0.05) is 12.6 Å². The van der Waals surface area contributed by atoms with Gasteiger partial charge in [-0.3, -0.25) is 0 Å². The molecular formula is C8H15NO2. The van der Waals surface area contributed by atoms with Crippen molar-refractivity contribution in [3.63, 3.8) is 0 Å². The van der Waals surface area contributed by atoms with Crippen LogP contribution in [0.2, 0.25) is 0 Å². The van der Waals surface area contributed by atoms with Gasteiger partial charge in [0.1, 0.15) is 0 Å². The zero-order chi connectivity index (χ0) is 8.43. The number of carbonyl (C=O) groups is 1. The van der Waals surface area contributed by atoms with Crippen molar-refractivity contribution in [2.75, 3.05) is 6.54 Å². The maximum Gasteiger partial charge on any atom is 0.407 e. The first-order valence-electron chi connectivity index (χ1n) is 4.12. The molecule has 0 bridgehead atoms. The van der Waals surface area contributed by atoms with Gasteiger partial charge in [0.05, 0.1) is 0 Å². The second kappa shape index (κ2) is 3.11. The van der Waals surface area contributed by atoms with E-state index in [2.05, 4.69) is 13.8 Å². The number of rotatable bonds is 1. The minimum absolute atomic E-state index is 0.257. The van der Waals surface area contributed by atoms with Crippen molar-refractivity contribution in [3.8, 4) is 0 Å². The van der Waals surface area contributed by atoms with Gasteiger partial charge in [-0.2, -0.15) is 0 Å². The summed E-state index contributed by atoms with van der Waals surface area (Å²) >= 11 is 0. The lowest BCUT2D eigenvalue weighted by Gasteiger charge is -2.24. The summed E-state index contributed by atoms with van der Waals surface area (Å²) in [4.78, 5) is 12.2. The fourth-order valence-electron chi connectivity index (χ4n) is 1.72. The van der Waals surface area contributed by atoms with Crippen molar-refractivity contribution in [2.24, 2.45) is 5.92 Å². The van der Waals surface area contributed by atoms with Crippen molar-refractivity contribution in [1.29, 1.82) is 0 Å². The molecule has 11 heavy (non-hydrogen) atoms. The van der Waals surface area contributed by atoms with E-state index in [4.69, 9.17) is 5.11 Å². The first-order chi connectivity index (χ1) is 5.13. The van der Waals surface area contributed by atoms with Crippen molar-refractivity contribution < 1.29 is 9.90 Å². The van der Waals surface area contributed by atoms with Crippen LogP contribution < -0.4 is 0 Å². The maximum absolute atomic E-state index is 10.6. The maximum atomic E-state index is 10.6. The van der Waals surface area contributed by atoms with Crippen molar-refractivity contribution >= 4 is 6.09 Å². The number of hydrogen-bond acceptors (Lipinski definition) is 1. The quantitative estimate of drug-likeness (QED) is 0.630. The Bertz CT molecular complexity index is 156. The van der Waals surface area contributed by atoms with Crippen LogP contribution in [-0.4, -0.2) is 28.7 Å². The molecule has 1 aliphatic heterocycles. The van der Waals surface area contributed by atoms with Crippen LogP contribution in [0.3, 0.4) is 0 Å². The topological polar surface area (TPSA) is 40.5 Å². The normalized spacial score (nSPS) is 24.6. The molecule has 1 unspecified atom stereocenters. The lowest BCUT2D eigenvalue weighted by Crippen LogP contribution is -2.37. The van der Waals surface area contributed by atoms with Gasteiger partial charge in [0.15, 0.2) is 0 Å². The first-order valence-corrected chi connectivity index (χ1v) is 4.12. The Balaban J connectivity index is 2.58. The predicted octanol–water partition coefficient (Wildman–Crippen LogP) is 1.78. The van der Waals surface area contributed by atoms with Crippen LogP contribution in [0, 0.1) is 5.92 Å². The molecule has 0 aromatic heterocycles. The Morgan fingerprint density at radius 1 is 1.64 bits per heavy atom. The van der Waals surface area contributed by atoms with E-state index in [1.165, 1.54) is 0 Å². The minimum Gasteiger partial charge on any atom is -0.465 e. The van der Waals surface area contributed by atoms with Gasteiger partial charge in [-0.15, -0.1) is 0 Å². The SMILES string of the molecule is CC(C)C1CCCN1C(=O)O. The van der Waals surface area contributed by atoms with E-state index in [0.717, 1.165) is 19.4 Å². The molecule has 1 N–H and O–H groups in total. The first kappa shape index (κ1) is 8.37. The van der Waals surface area contributed by atoms with E-state index in [0.29, 0.717) is 5.92 Å². The van der Waals surface area contributed by atoms with E-state index in [1.807, 2.05) is 0 Å². The van der Waals surface area contributed by atoms with Crippen LogP contribution in [0.4, 0.5) is 4.79 Å². The second-order valence-electron chi connectivity index (χ2n) is 3.43. The Morgan fingerprint density at radius 3 is 2.64 bits per heavy atom. The molecule has 0 spiro atoms. The molecule has 64 valence electrons. The van der Waals surface area contributed by atoms with Crippen LogP contribution in [0.1, 0.15) is 26.7 Å². The third-order valence-electron chi connectivity index (χ3n) is 2.31. The number of likely N-dealkylation sites (tertiary alicyclic amines) is 1. The molecule has 0 radical (unpaired) electrons. The largest absolute Gasteiger partial charge is 0.465 e. The number of carboxylic acid groups (broad SMARTS) is 1. The molecule has 0 aromatic carbocycles. The van der Waals surface area contributed by atoms with Crippen molar-refractivity contribution in [1.82, 2.24) is 4.90 Å². The Kier molecular flexibility index (Phi) is 2.37. The standard InChI is InChI=1S/C8H15NO2/c1-6(2)7-4-3-5-9(7)8(10)11/h6-7H,3-5H2,1-2H3,(H,10,11). The molecule has 0 aliphatic carbocycles. The molecule has 3 nitrogen and oxygen atoms in total. The summed E-state index contributed by atoms with van der Waals surface area (Å²) in [6.07, 6.45) is 1.29. The third kappa shape index (κ3) is 1.64. The van der Waals surface area contributed by atoms with Gasteiger partial charge in [0.2, 0.25) is 0 Å². The highest BCUT2D eigenvalue weighted by Gasteiger charge is 2.30. The van der Waals surface area contributed by atoms with Crippen LogP contribution >= 0.6 is 0 Å². The zero-order valence-electron chi connectivity index (χ0n) is 7.08. The number of nitrogens with zero attached hydrogens (tertiary/aromatic N) is 1. The third-order valence-corrected chi connectivity index (χ3v) is 2.31. The summed E-state index contributed by atoms with van der Waals surface area (Å²) in [7, 11) is 0. The number of amides is 1. The Hall–Kier alpha value is -0.730. The lowest BCUT2D eigenvalue weighted by molar-refractivity contribution is 0.129. The summed E-state index contributed by atoms with van der Waals surface area (Å²) in [6, 6.07) is 0.257. The van der Waals surface area contributed by atoms with Crippen LogP contribution in [-0.2, 0) is 0 Å². The minimum atomic E-state index is -0.763. The molecule has 1 saturated heterocycles. The average Bonchev–Trinajstić information content (AvgIpc) is 2.32. The molecule has 1 fully saturated rings. The van der Waals surface area contributed by atoms with E-state index in [9.17, 15) is 4.79 Å². The van der Waals surface area contributed by atoms with Gasteiger partial charge in [0.25, 0.3) is 0 Å². The van der Waals surface area contributed by atoms with Gasteiger partial charge >= 0.3 is 6.09 Å². The Labute approximate surface area is 67.0 Å². The summed E-state index contributed by atoms with van der Waals surface area (Å²) in [6.45, 7) is 4.87. The Morgan fingerprint density at radius 2 is 2.27 bits per heavy atom. The molecular weight excluding hydrogens is 142 g/mol. The molecule has 1 aliphatic rings. The van der Waals surface area contributed by atoms with Crippen LogP contribution in [0.25, 0.3) is 0 Å². The molecule has 0 aromatic rings. The highest BCUT2D eigenvalue weighted by molar-refractivity contribution is 5.65. The zero-order valence-corrected chi connectivity index (χ0v) is 7.08. The molecule has 1 heterocycles. The van der Waals surface area contributed by atoms with Crippen molar-refractivity contribution in [3.05, 3.63) is 0 Å². The summed E-state index contributed by atoms with van der Waals surface area (Å²) in [5.74, 6) is 0.452. The fourth-order valence-corrected chi connectivity index (χ4v) is 1.72. The smallest absolute Gasteiger partial charge is 0.407 e. The second-order valence-corrected chi connectivity index (χ2v) is 3.43. The predicted molar refractivity (Wildman–Crippen MR) is 42.6 cm³/mol. The molecule has 1 amide bonds. The van der Waals surface area contributed by atoms with Crippen LogP contribution in [0.15, 0.2) is 0 Å². The van der Waals surface area contributed by atoms with E-state index >= 15 is 0 Å². The van der Waals surface area contributed by atoms with Gasteiger partial charge in [-0.1, -0.05) is 13.8 Å². The summed E-state index contributed by atoms with van der Waals surface area (Å²) < 4.78 is 0. The van der Waals surface area contributed by atoms with E-state index in [-0.39, 0.29) is 6.04 Å². The van der Waals surface area contributed by atoms with Gasteiger partial charge < -0.3 is 10.0 Å². The molecule has 1 rings (SSSR count). The number of hydrogen-bond donors (Lipinski definition) is 1. The molecule has 0 saturated carbocycles. The van der Waals surface area contributed by atoms with E-state index in [1.54, 1.807) is 4.90 Å². The van der Waals surface area contributed by atoms with E-state index < -0.39 is 6.09 Å². The highest BCUT2D eigenvalue weighted by Crippen LogP contribution is 2.23. The monoisotopic (exact) mass is 157 g/mol. The van der Waals surface area contributed by atoms with Gasteiger partial charge in [-0.05, 0) is 18.8 Å². The fraction of sp³-hybridized carbons (Fsp3) is 0.875. The average molecular weight is 157 g/mol. The molecule has 1 atom stereocenters. The van der Waals surface area contributed by atoms with Gasteiger partial charge in [-0.25, -0.2) is 4.79 Å². The van der Waals surface area contributed by atoms with Crippen LogP contribution in [0.5, 0.6) is 0 Å². The lowest BCUT2D eigenvalue weighted by atomic mass is 10.0. The highest BCUT2D eigenvalue weighted by atomic mass is 16.4. The molecule has 3 heteroatoms. The van der Waals surface area contributed by atoms with Crippen molar-refractivity contribution in [2.45, 2.75) is 32.7 Å². The summed E-state index contributed by atoms with van der Waals surface area (Å²) in [5.41, 5.74) is 0. The summed E-state index contributed by atoms with van der Waals surface area (Å²) in [5, 5.41) is 8.76.